The molecule has 0 heterocycles. The van der Waals surface area contributed by atoms with Crippen molar-refractivity contribution >= 4 is 0 Å². The summed E-state index contributed by atoms with van der Waals surface area (Å²) in [6.07, 6.45) is 4.51. The molecule has 0 rings (SSSR count). The van der Waals surface area contributed by atoms with Crippen LogP contribution in [0.15, 0.2) is 24.8 Å². The Labute approximate surface area is 84.5 Å². The largest absolute Gasteiger partial charge is 0.392 e. The average Bonchev–Trinajstić information content (AvgIpc) is 2.21. The molecule has 0 saturated carbocycles. The number of hydrogen-bond donors (Lipinski definition) is 1. The van der Waals surface area contributed by atoms with Gasteiger partial charge in [0.2, 0.25) is 0 Å². The molecule has 0 atom stereocenters. The summed E-state index contributed by atoms with van der Waals surface area (Å²) in [4.78, 5) is 0. The zero-order valence-electron chi connectivity index (χ0n) is 7.59. The van der Waals surface area contributed by atoms with Gasteiger partial charge in [-0.2, -0.15) is 0 Å². The van der Waals surface area contributed by atoms with Gasteiger partial charge in [0.25, 0.3) is 0 Å². The van der Waals surface area contributed by atoms with Crippen LogP contribution in [0, 0.1) is 47.4 Å². The SMILES string of the molecule is C=CC#CC#CC#CC#CC=CCO. The van der Waals surface area contributed by atoms with E-state index in [0.29, 0.717) is 0 Å². The number of rotatable bonds is 1. The van der Waals surface area contributed by atoms with E-state index in [-0.39, 0.29) is 6.61 Å². The first-order valence-electron chi connectivity index (χ1n) is 3.79. The van der Waals surface area contributed by atoms with Crippen molar-refractivity contribution in [2.75, 3.05) is 6.61 Å². The van der Waals surface area contributed by atoms with Crippen molar-refractivity contribution in [1.82, 2.24) is 0 Å². The van der Waals surface area contributed by atoms with E-state index in [4.69, 9.17) is 5.11 Å². The maximum Gasteiger partial charge on any atom is 0.0621 e. The van der Waals surface area contributed by atoms with Crippen molar-refractivity contribution in [2.24, 2.45) is 0 Å². The standard InChI is InChI=1S/C13H8O/c1-2-3-4-5-6-7-8-9-10-11-12-13-14/h2,11-12,14H,1,13H2. The van der Waals surface area contributed by atoms with Crippen molar-refractivity contribution in [3.8, 4) is 47.4 Å². The number of hydrogen-bond acceptors (Lipinski definition) is 1. The quantitative estimate of drug-likeness (QED) is 0.590. The highest BCUT2D eigenvalue weighted by molar-refractivity contribution is 5.41. The van der Waals surface area contributed by atoms with Gasteiger partial charge in [-0.3, -0.25) is 0 Å². The van der Waals surface area contributed by atoms with Gasteiger partial charge in [-0.05, 0) is 47.7 Å². The van der Waals surface area contributed by atoms with Crippen molar-refractivity contribution in [2.45, 2.75) is 0 Å². The molecule has 0 amide bonds. The highest BCUT2D eigenvalue weighted by Crippen LogP contribution is 1.65. The third-order valence-electron chi connectivity index (χ3n) is 0.865. The van der Waals surface area contributed by atoms with E-state index in [1.165, 1.54) is 18.2 Å². The molecular formula is C13H8O. The number of aliphatic hydroxyl groups excluding tert-OH is 1. The Bertz CT molecular complexity index is 436. The molecule has 0 aromatic heterocycles. The molecular weight excluding hydrogens is 172 g/mol. The van der Waals surface area contributed by atoms with E-state index >= 15 is 0 Å². The lowest BCUT2D eigenvalue weighted by molar-refractivity contribution is 0.343. The first kappa shape index (κ1) is 11.7. The van der Waals surface area contributed by atoms with Crippen LogP contribution < -0.4 is 0 Å². The summed E-state index contributed by atoms with van der Waals surface area (Å²) < 4.78 is 0. The van der Waals surface area contributed by atoms with Crippen molar-refractivity contribution in [1.29, 1.82) is 0 Å². The van der Waals surface area contributed by atoms with E-state index in [1.54, 1.807) is 0 Å². The summed E-state index contributed by atoms with van der Waals surface area (Å²) in [5.74, 6) is 20.2. The van der Waals surface area contributed by atoms with E-state index in [0.717, 1.165) is 0 Å². The molecule has 0 bridgehead atoms. The summed E-state index contributed by atoms with van der Waals surface area (Å²) in [6.45, 7) is 3.39. The van der Waals surface area contributed by atoms with Crippen molar-refractivity contribution in [3.63, 3.8) is 0 Å². The van der Waals surface area contributed by atoms with Gasteiger partial charge in [-0.25, -0.2) is 0 Å². The Kier molecular flexibility index (Phi) is 8.91. The molecule has 0 aliphatic heterocycles. The molecule has 0 aromatic carbocycles. The van der Waals surface area contributed by atoms with Gasteiger partial charge in [0.05, 0.1) is 6.61 Å². The lowest BCUT2D eigenvalue weighted by atomic mass is 10.4. The van der Waals surface area contributed by atoms with Crippen LogP contribution in [0.2, 0.25) is 0 Å². The molecule has 14 heavy (non-hydrogen) atoms. The van der Waals surface area contributed by atoms with Gasteiger partial charge >= 0.3 is 0 Å². The van der Waals surface area contributed by atoms with Crippen LogP contribution >= 0.6 is 0 Å². The summed E-state index contributed by atoms with van der Waals surface area (Å²) in [6, 6.07) is 0. The summed E-state index contributed by atoms with van der Waals surface area (Å²) in [5, 5.41) is 8.35. The topological polar surface area (TPSA) is 20.2 Å². The smallest absolute Gasteiger partial charge is 0.0621 e. The summed E-state index contributed by atoms with van der Waals surface area (Å²) >= 11 is 0. The van der Waals surface area contributed by atoms with Gasteiger partial charge in [-0.15, -0.1) is 0 Å². The maximum atomic E-state index is 8.35. The number of allylic oxidation sites excluding steroid dienone is 2. The predicted molar refractivity (Wildman–Crippen MR) is 57.5 cm³/mol. The van der Waals surface area contributed by atoms with Crippen LogP contribution in [0.25, 0.3) is 0 Å². The minimum atomic E-state index is -0.0148. The van der Waals surface area contributed by atoms with E-state index in [9.17, 15) is 0 Å². The van der Waals surface area contributed by atoms with Crippen molar-refractivity contribution in [3.05, 3.63) is 24.8 Å². The normalized spacial score (nSPS) is 6.36. The van der Waals surface area contributed by atoms with Crippen LogP contribution in [-0.4, -0.2) is 11.7 Å². The average molecular weight is 180 g/mol. The zero-order valence-corrected chi connectivity index (χ0v) is 7.59. The fraction of sp³-hybridized carbons (Fsp3) is 0.0769. The Hall–Kier alpha value is -2.32. The second-order valence-corrected chi connectivity index (χ2v) is 1.83. The van der Waals surface area contributed by atoms with E-state index in [2.05, 4.69) is 53.9 Å². The Morgan fingerprint density at radius 2 is 1.50 bits per heavy atom. The lowest BCUT2D eigenvalue weighted by Crippen LogP contribution is -1.67. The summed E-state index contributed by atoms with van der Waals surface area (Å²) in [7, 11) is 0. The fourth-order valence-corrected chi connectivity index (χ4v) is 0.401. The predicted octanol–water partition coefficient (Wildman–Crippen LogP) is 0.734. The third-order valence-corrected chi connectivity index (χ3v) is 0.865. The molecule has 0 saturated heterocycles. The zero-order chi connectivity index (χ0) is 10.5. The molecule has 0 aliphatic carbocycles. The lowest BCUT2D eigenvalue weighted by Gasteiger charge is -1.67. The molecule has 66 valence electrons. The van der Waals surface area contributed by atoms with Crippen LogP contribution in [0.1, 0.15) is 0 Å². The van der Waals surface area contributed by atoms with Gasteiger partial charge in [0.15, 0.2) is 0 Å². The molecule has 0 radical (unpaired) electrons. The Morgan fingerprint density at radius 1 is 0.929 bits per heavy atom. The molecule has 0 unspecified atom stereocenters. The molecule has 1 heteroatoms. The second-order valence-electron chi connectivity index (χ2n) is 1.83. The molecule has 0 aliphatic rings. The highest BCUT2D eigenvalue weighted by Gasteiger charge is 1.60. The Balaban J connectivity index is 4.02. The minimum absolute atomic E-state index is 0.0148. The van der Waals surface area contributed by atoms with Gasteiger partial charge in [0.1, 0.15) is 0 Å². The minimum Gasteiger partial charge on any atom is -0.392 e. The van der Waals surface area contributed by atoms with Crippen LogP contribution in [0.5, 0.6) is 0 Å². The molecule has 0 fully saturated rings. The molecule has 0 aromatic rings. The monoisotopic (exact) mass is 180 g/mol. The molecule has 1 nitrogen and oxygen atoms in total. The summed E-state index contributed by atoms with van der Waals surface area (Å²) in [5.41, 5.74) is 0. The van der Waals surface area contributed by atoms with Gasteiger partial charge in [-0.1, -0.05) is 24.5 Å². The van der Waals surface area contributed by atoms with Crippen LogP contribution in [0.4, 0.5) is 0 Å². The highest BCUT2D eigenvalue weighted by atomic mass is 16.2. The third kappa shape index (κ3) is 9.68. The van der Waals surface area contributed by atoms with Crippen molar-refractivity contribution < 1.29 is 5.11 Å². The molecule has 0 spiro atoms. The second kappa shape index (κ2) is 10.7. The Morgan fingerprint density at radius 3 is 2.07 bits per heavy atom. The van der Waals surface area contributed by atoms with Crippen LogP contribution in [0.3, 0.4) is 0 Å². The fourth-order valence-electron chi connectivity index (χ4n) is 0.401. The maximum absolute atomic E-state index is 8.35. The van der Waals surface area contributed by atoms with E-state index in [1.807, 2.05) is 0 Å². The van der Waals surface area contributed by atoms with Gasteiger partial charge < -0.3 is 5.11 Å². The first-order valence-corrected chi connectivity index (χ1v) is 3.79. The number of aliphatic hydroxyl groups is 1. The molecule has 1 N–H and O–H groups in total. The van der Waals surface area contributed by atoms with E-state index < -0.39 is 0 Å². The first-order chi connectivity index (χ1) is 6.91. The van der Waals surface area contributed by atoms with Crippen LogP contribution in [-0.2, 0) is 0 Å². The van der Waals surface area contributed by atoms with Gasteiger partial charge in [0, 0.05) is 0 Å².